The largest absolute Gasteiger partial charge is 0.493 e. The summed E-state index contributed by atoms with van der Waals surface area (Å²) in [6.45, 7) is 5.18. The van der Waals surface area contributed by atoms with Crippen molar-refractivity contribution >= 4 is 12.1 Å². The predicted octanol–water partition coefficient (Wildman–Crippen LogP) is 2.75. The van der Waals surface area contributed by atoms with Crippen LogP contribution in [-0.2, 0) is 22.5 Å². The monoisotopic (exact) mass is 504 g/mol. The molecule has 2 aromatic rings. The molecule has 0 heterocycles. The van der Waals surface area contributed by atoms with Crippen LogP contribution in [0.1, 0.15) is 31.9 Å². The number of rotatable bonds is 12. The normalized spacial score (nSPS) is 13.8. The molecule has 3 atom stereocenters. The molecule has 0 saturated heterocycles. The minimum absolute atomic E-state index is 0.0298. The van der Waals surface area contributed by atoms with Gasteiger partial charge in [0.2, 0.25) is 5.75 Å². The summed E-state index contributed by atoms with van der Waals surface area (Å²) < 4.78 is 21.5. The lowest BCUT2D eigenvalue weighted by Gasteiger charge is -2.30. The Bertz CT molecular complexity index is 1010. The lowest BCUT2D eigenvalue weighted by molar-refractivity contribution is -0.143. The van der Waals surface area contributed by atoms with Crippen molar-refractivity contribution < 1.29 is 38.7 Å². The Hall–Kier alpha value is -3.50. The predicted molar refractivity (Wildman–Crippen MR) is 134 cm³/mol. The number of aliphatic hydroxyl groups is 1. The van der Waals surface area contributed by atoms with E-state index in [1.807, 2.05) is 30.3 Å². The number of hydrogen-bond donors (Lipinski definition) is 4. The second-order valence-electron chi connectivity index (χ2n) is 9.12. The third kappa shape index (κ3) is 8.03. The Labute approximate surface area is 211 Å². The van der Waals surface area contributed by atoms with E-state index in [2.05, 4.69) is 10.6 Å². The van der Waals surface area contributed by atoms with Crippen molar-refractivity contribution in [3.05, 3.63) is 53.6 Å². The fraction of sp³-hybridized carbons (Fsp3) is 0.462. The van der Waals surface area contributed by atoms with Crippen molar-refractivity contribution in [2.75, 3.05) is 21.3 Å². The first-order valence-electron chi connectivity index (χ1n) is 11.5. The Morgan fingerprint density at radius 3 is 2.11 bits per heavy atom. The van der Waals surface area contributed by atoms with Crippen molar-refractivity contribution in [2.24, 2.45) is 0 Å². The molecule has 10 heteroatoms. The lowest BCUT2D eigenvalue weighted by Crippen LogP contribution is -2.57. The van der Waals surface area contributed by atoms with Crippen molar-refractivity contribution in [2.45, 2.75) is 57.5 Å². The highest BCUT2D eigenvalue weighted by atomic mass is 16.6. The molecule has 0 fully saturated rings. The van der Waals surface area contributed by atoms with Crippen LogP contribution in [-0.4, -0.2) is 67.4 Å². The number of benzene rings is 2. The molecule has 0 aliphatic carbocycles. The average molecular weight is 505 g/mol. The molecule has 36 heavy (non-hydrogen) atoms. The number of hydrogen-bond acceptors (Lipinski definition) is 8. The number of nitrogens with one attached hydrogen (secondary N) is 2. The van der Waals surface area contributed by atoms with Gasteiger partial charge in [0.25, 0.3) is 0 Å². The van der Waals surface area contributed by atoms with E-state index < -0.39 is 35.9 Å². The smallest absolute Gasteiger partial charge is 0.407 e. The van der Waals surface area contributed by atoms with Gasteiger partial charge in [-0.15, -0.1) is 0 Å². The molecule has 0 saturated carbocycles. The Morgan fingerprint density at radius 2 is 1.58 bits per heavy atom. The quantitative estimate of drug-likeness (QED) is 0.344. The number of carbonyl (C=O) groups is 2. The molecule has 2 rings (SSSR count). The maximum Gasteiger partial charge on any atom is 0.407 e. The van der Waals surface area contributed by atoms with E-state index in [-0.39, 0.29) is 13.0 Å². The molecular formula is C26H36N2O8. The second-order valence-corrected chi connectivity index (χ2v) is 9.12. The highest BCUT2D eigenvalue weighted by Crippen LogP contribution is 2.39. The number of amides is 1. The maximum absolute atomic E-state index is 12.5. The zero-order valence-electron chi connectivity index (χ0n) is 21.5. The average Bonchev–Trinajstić information content (AvgIpc) is 2.82. The number of ether oxygens (including phenoxy) is 4. The van der Waals surface area contributed by atoms with Gasteiger partial charge in [-0.3, -0.25) is 10.1 Å². The van der Waals surface area contributed by atoms with Crippen LogP contribution in [0.3, 0.4) is 0 Å². The first-order valence-corrected chi connectivity index (χ1v) is 11.5. The number of alkyl carbamates (subject to hydrolysis) is 1. The van der Waals surface area contributed by atoms with Crippen LogP contribution < -0.4 is 24.8 Å². The second kappa shape index (κ2) is 13.0. The van der Waals surface area contributed by atoms with Crippen LogP contribution in [0.5, 0.6) is 17.2 Å². The molecule has 0 spiro atoms. The highest BCUT2D eigenvalue weighted by Gasteiger charge is 2.35. The summed E-state index contributed by atoms with van der Waals surface area (Å²) in [4.78, 5) is 24.7. The molecule has 0 bridgehead atoms. The summed E-state index contributed by atoms with van der Waals surface area (Å²) in [7, 11) is 4.43. The Kier molecular flexibility index (Phi) is 10.4. The summed E-state index contributed by atoms with van der Waals surface area (Å²) in [5, 5.41) is 26.6. The fourth-order valence-corrected chi connectivity index (χ4v) is 3.69. The van der Waals surface area contributed by atoms with Gasteiger partial charge in [-0.05, 0) is 38.8 Å². The van der Waals surface area contributed by atoms with Crippen LogP contribution in [0, 0.1) is 0 Å². The third-order valence-electron chi connectivity index (χ3n) is 5.32. The maximum atomic E-state index is 12.5. The first-order chi connectivity index (χ1) is 17.0. The summed E-state index contributed by atoms with van der Waals surface area (Å²) in [6, 6.07) is 10.1. The van der Waals surface area contributed by atoms with Gasteiger partial charge in [0, 0.05) is 12.1 Å². The summed E-state index contributed by atoms with van der Waals surface area (Å²) >= 11 is 0. The van der Waals surface area contributed by atoms with Crippen LogP contribution in [0.4, 0.5) is 4.79 Å². The molecule has 2 aromatic carbocycles. The first kappa shape index (κ1) is 28.7. The number of methoxy groups -OCH3 is 3. The molecular weight excluding hydrogens is 468 g/mol. The summed E-state index contributed by atoms with van der Waals surface area (Å²) in [5.74, 6) is -0.0978. The summed E-state index contributed by atoms with van der Waals surface area (Å²) in [6.07, 6.45) is -2.07. The van der Waals surface area contributed by atoms with E-state index in [9.17, 15) is 19.8 Å². The van der Waals surface area contributed by atoms with Crippen LogP contribution in [0.15, 0.2) is 42.5 Å². The molecule has 0 aliphatic heterocycles. The van der Waals surface area contributed by atoms with Gasteiger partial charge in [0.05, 0.1) is 27.4 Å². The van der Waals surface area contributed by atoms with Crippen molar-refractivity contribution in [3.63, 3.8) is 0 Å². The van der Waals surface area contributed by atoms with E-state index >= 15 is 0 Å². The third-order valence-corrected chi connectivity index (χ3v) is 5.32. The minimum Gasteiger partial charge on any atom is -0.493 e. The Morgan fingerprint density at radius 1 is 0.944 bits per heavy atom. The molecule has 0 radical (unpaired) electrons. The van der Waals surface area contributed by atoms with E-state index in [0.717, 1.165) is 5.56 Å². The topological polar surface area (TPSA) is 136 Å². The molecule has 0 unspecified atom stereocenters. The number of carboxylic acids is 1. The van der Waals surface area contributed by atoms with Gasteiger partial charge in [0.1, 0.15) is 17.7 Å². The van der Waals surface area contributed by atoms with E-state index in [1.165, 1.54) is 21.3 Å². The van der Waals surface area contributed by atoms with Gasteiger partial charge in [0.15, 0.2) is 11.5 Å². The van der Waals surface area contributed by atoms with Crippen LogP contribution in [0.25, 0.3) is 0 Å². The number of aliphatic carboxylic acids is 1. The fourth-order valence-electron chi connectivity index (χ4n) is 3.69. The molecule has 4 N–H and O–H groups in total. The van der Waals surface area contributed by atoms with Crippen molar-refractivity contribution in [3.8, 4) is 17.2 Å². The molecule has 0 aliphatic rings. The lowest BCUT2D eigenvalue weighted by atomic mass is 9.96. The van der Waals surface area contributed by atoms with Gasteiger partial charge in [-0.1, -0.05) is 36.4 Å². The highest BCUT2D eigenvalue weighted by molar-refractivity contribution is 5.75. The van der Waals surface area contributed by atoms with Gasteiger partial charge < -0.3 is 34.5 Å². The molecule has 198 valence electrons. The van der Waals surface area contributed by atoms with Crippen molar-refractivity contribution in [1.82, 2.24) is 10.6 Å². The van der Waals surface area contributed by atoms with E-state index in [4.69, 9.17) is 18.9 Å². The van der Waals surface area contributed by atoms with Crippen LogP contribution >= 0.6 is 0 Å². The molecule has 10 nitrogen and oxygen atoms in total. The molecule has 0 aromatic heterocycles. The standard InChI is InChI=1S/C26H36N2O8/c1-26(2,3)36-25(32)28-18(14-16-10-8-7-9-11-16)21(29)20(24(30)31)27-15-17-12-13-19(33-4)23(35-6)22(17)34-5/h7-13,18,20-21,27,29H,14-15H2,1-6H3,(H,28,32)(H,30,31)/t18-,20+,21+/m0/s1. The Balaban J connectivity index is 2.29. The number of aliphatic hydroxyl groups excluding tert-OH is 1. The minimum atomic E-state index is -1.50. The van der Waals surface area contributed by atoms with Gasteiger partial charge in [-0.2, -0.15) is 0 Å². The van der Waals surface area contributed by atoms with E-state index in [0.29, 0.717) is 22.8 Å². The summed E-state index contributed by atoms with van der Waals surface area (Å²) in [5.41, 5.74) is 0.637. The van der Waals surface area contributed by atoms with Gasteiger partial charge >= 0.3 is 12.1 Å². The molecule has 1 amide bonds. The number of carbonyl (C=O) groups excluding carboxylic acids is 1. The zero-order chi connectivity index (χ0) is 26.9. The van der Waals surface area contributed by atoms with Crippen LogP contribution in [0.2, 0.25) is 0 Å². The zero-order valence-corrected chi connectivity index (χ0v) is 21.5. The van der Waals surface area contributed by atoms with Gasteiger partial charge in [-0.25, -0.2) is 4.79 Å². The van der Waals surface area contributed by atoms with E-state index in [1.54, 1.807) is 32.9 Å². The van der Waals surface area contributed by atoms with Crippen molar-refractivity contribution in [1.29, 1.82) is 0 Å². The SMILES string of the molecule is COc1ccc(CN[C@@H](C(=O)O)[C@H](O)[C@H](Cc2ccccc2)NC(=O)OC(C)(C)C)c(OC)c1OC. The number of carboxylic acid groups (broad SMARTS) is 1.